The van der Waals surface area contributed by atoms with Crippen LogP contribution in [-0.4, -0.2) is 14.8 Å². The molecule has 122 valence electrons. The van der Waals surface area contributed by atoms with Gasteiger partial charge in [0.1, 0.15) is 6.33 Å². The summed E-state index contributed by atoms with van der Waals surface area (Å²) in [4.78, 5) is 4.34. The van der Waals surface area contributed by atoms with Gasteiger partial charge in [-0.2, -0.15) is 10.1 Å². The van der Waals surface area contributed by atoms with Crippen molar-refractivity contribution in [3.05, 3.63) is 75.5 Å². The third-order valence-electron chi connectivity index (χ3n) is 4.43. The second-order valence-electron chi connectivity index (χ2n) is 6.05. The molecule has 0 bridgehead atoms. The summed E-state index contributed by atoms with van der Waals surface area (Å²) in [5.74, 6) is 0.753. The maximum absolute atomic E-state index is 6.44. The average Bonchev–Trinajstić information content (AvgIpc) is 3.03. The number of hydrogen-bond acceptors (Lipinski definition) is 3. The Morgan fingerprint density at radius 3 is 2.67 bits per heavy atom. The Balaban J connectivity index is 1.75. The van der Waals surface area contributed by atoms with E-state index in [-0.39, 0.29) is 12.1 Å². The van der Waals surface area contributed by atoms with E-state index in [1.165, 1.54) is 11.1 Å². The van der Waals surface area contributed by atoms with Gasteiger partial charge in [0, 0.05) is 10.0 Å². The zero-order valence-electron chi connectivity index (χ0n) is 13.1. The van der Waals surface area contributed by atoms with Crippen LogP contribution in [0, 0.1) is 6.92 Å². The van der Waals surface area contributed by atoms with Crippen molar-refractivity contribution >= 4 is 29.2 Å². The van der Waals surface area contributed by atoms with Crippen LogP contribution in [-0.2, 0) is 0 Å². The first kappa shape index (κ1) is 15.5. The number of rotatable bonds is 2. The third-order valence-corrected chi connectivity index (χ3v) is 4.99. The smallest absolute Gasteiger partial charge is 0.222 e. The van der Waals surface area contributed by atoms with Crippen molar-refractivity contribution in [2.45, 2.75) is 25.4 Å². The van der Waals surface area contributed by atoms with Crippen LogP contribution in [0.1, 0.15) is 35.2 Å². The minimum absolute atomic E-state index is 0.0137. The van der Waals surface area contributed by atoms with Gasteiger partial charge in [0.2, 0.25) is 5.95 Å². The van der Waals surface area contributed by atoms with Gasteiger partial charge in [-0.1, -0.05) is 59.1 Å². The average molecular weight is 359 g/mol. The fraction of sp³-hybridized carbons (Fsp3) is 0.222. The van der Waals surface area contributed by atoms with Crippen LogP contribution in [0.25, 0.3) is 0 Å². The highest BCUT2D eigenvalue weighted by Gasteiger charge is 2.31. The summed E-state index contributed by atoms with van der Waals surface area (Å²) < 4.78 is 1.89. The van der Waals surface area contributed by atoms with E-state index in [0.717, 1.165) is 17.9 Å². The third kappa shape index (κ3) is 2.76. The van der Waals surface area contributed by atoms with Crippen molar-refractivity contribution in [1.29, 1.82) is 0 Å². The topological polar surface area (TPSA) is 42.7 Å². The van der Waals surface area contributed by atoms with E-state index in [0.29, 0.717) is 10.0 Å². The fourth-order valence-corrected chi connectivity index (χ4v) is 3.70. The molecule has 0 radical (unpaired) electrons. The minimum Gasteiger partial charge on any atom is -0.348 e. The van der Waals surface area contributed by atoms with Gasteiger partial charge < -0.3 is 5.32 Å². The number of benzene rings is 2. The summed E-state index contributed by atoms with van der Waals surface area (Å²) in [5, 5.41) is 9.12. The van der Waals surface area contributed by atoms with E-state index < -0.39 is 0 Å². The van der Waals surface area contributed by atoms with Crippen LogP contribution >= 0.6 is 23.2 Å². The van der Waals surface area contributed by atoms with Crippen LogP contribution in [0.5, 0.6) is 0 Å². The second kappa shape index (κ2) is 6.11. The summed E-state index contributed by atoms with van der Waals surface area (Å²) in [6.45, 7) is 2.09. The van der Waals surface area contributed by atoms with E-state index in [2.05, 4.69) is 46.6 Å². The molecule has 0 saturated carbocycles. The number of nitrogens with one attached hydrogen (secondary N) is 1. The lowest BCUT2D eigenvalue weighted by molar-refractivity contribution is 0.431. The Hall–Kier alpha value is -2.04. The Morgan fingerprint density at radius 2 is 1.92 bits per heavy atom. The quantitative estimate of drug-likeness (QED) is 0.697. The van der Waals surface area contributed by atoms with E-state index >= 15 is 0 Å². The molecule has 2 unspecified atom stereocenters. The standard InChI is InChI=1S/C18H16Cl2N4/c1-11-2-4-12(5-3-11)16-9-17(24-18(23-16)21-10-22-24)14-7-6-13(19)8-15(14)20/h2-8,10,16-17H,9H2,1H3,(H,21,22,23). The SMILES string of the molecule is Cc1ccc(C2CC(c3ccc(Cl)cc3Cl)n3ncnc3N2)cc1. The minimum atomic E-state index is 0.0137. The van der Waals surface area contributed by atoms with Gasteiger partial charge in [-0.3, -0.25) is 0 Å². The lowest BCUT2D eigenvalue weighted by Crippen LogP contribution is -2.28. The molecule has 4 rings (SSSR count). The Bertz CT molecular complexity index is 873. The molecule has 0 fully saturated rings. The monoisotopic (exact) mass is 358 g/mol. The first-order chi connectivity index (χ1) is 11.6. The van der Waals surface area contributed by atoms with Crippen molar-refractivity contribution in [2.24, 2.45) is 0 Å². The highest BCUT2D eigenvalue weighted by atomic mass is 35.5. The molecule has 0 spiro atoms. The van der Waals surface area contributed by atoms with Crippen molar-refractivity contribution < 1.29 is 0 Å². The summed E-state index contributed by atoms with van der Waals surface area (Å²) in [6, 6.07) is 14.3. The molecule has 0 amide bonds. The van der Waals surface area contributed by atoms with E-state index in [1.54, 1.807) is 12.4 Å². The molecule has 1 N–H and O–H groups in total. The molecule has 6 heteroatoms. The Labute approximate surface area is 150 Å². The maximum atomic E-state index is 6.44. The number of nitrogens with zero attached hydrogens (tertiary/aromatic N) is 3. The Morgan fingerprint density at radius 1 is 1.12 bits per heavy atom. The highest BCUT2D eigenvalue weighted by Crippen LogP contribution is 2.40. The maximum Gasteiger partial charge on any atom is 0.222 e. The van der Waals surface area contributed by atoms with Gasteiger partial charge >= 0.3 is 0 Å². The van der Waals surface area contributed by atoms with E-state index in [9.17, 15) is 0 Å². The fourth-order valence-electron chi connectivity index (χ4n) is 3.17. The summed E-state index contributed by atoms with van der Waals surface area (Å²) in [7, 11) is 0. The molecular weight excluding hydrogens is 343 g/mol. The van der Waals surface area contributed by atoms with E-state index in [4.69, 9.17) is 23.2 Å². The molecule has 2 aromatic carbocycles. The van der Waals surface area contributed by atoms with Gasteiger partial charge in [0.05, 0.1) is 12.1 Å². The van der Waals surface area contributed by atoms with Crippen LogP contribution in [0.15, 0.2) is 48.8 Å². The van der Waals surface area contributed by atoms with Crippen molar-refractivity contribution in [1.82, 2.24) is 14.8 Å². The normalized spacial score (nSPS) is 19.6. The first-order valence-corrected chi connectivity index (χ1v) is 8.55. The molecule has 1 aromatic heterocycles. The van der Waals surface area contributed by atoms with Crippen molar-refractivity contribution in [2.75, 3.05) is 5.32 Å². The van der Waals surface area contributed by atoms with Gasteiger partial charge in [0.15, 0.2) is 0 Å². The molecule has 3 aromatic rings. The largest absolute Gasteiger partial charge is 0.348 e. The second-order valence-corrected chi connectivity index (χ2v) is 6.90. The number of halogens is 2. The zero-order valence-corrected chi connectivity index (χ0v) is 14.6. The number of aromatic nitrogens is 3. The first-order valence-electron chi connectivity index (χ1n) is 7.79. The van der Waals surface area contributed by atoms with Gasteiger partial charge in [0.25, 0.3) is 0 Å². The predicted octanol–water partition coefficient (Wildman–Crippen LogP) is 5.04. The highest BCUT2D eigenvalue weighted by molar-refractivity contribution is 6.35. The summed E-state index contributed by atoms with van der Waals surface area (Å²) >= 11 is 12.5. The molecule has 0 aliphatic carbocycles. The van der Waals surface area contributed by atoms with Crippen LogP contribution in [0.4, 0.5) is 5.95 Å². The molecule has 4 nitrogen and oxygen atoms in total. The van der Waals surface area contributed by atoms with Crippen molar-refractivity contribution in [3.8, 4) is 0 Å². The predicted molar refractivity (Wildman–Crippen MR) is 96.8 cm³/mol. The van der Waals surface area contributed by atoms with Crippen molar-refractivity contribution in [3.63, 3.8) is 0 Å². The molecule has 1 aliphatic rings. The van der Waals surface area contributed by atoms with Gasteiger partial charge in [-0.15, -0.1) is 0 Å². The van der Waals surface area contributed by atoms with Crippen LogP contribution in [0.2, 0.25) is 10.0 Å². The molecule has 0 saturated heterocycles. The molecule has 1 aliphatic heterocycles. The number of fused-ring (bicyclic) bond motifs is 1. The molecule has 24 heavy (non-hydrogen) atoms. The zero-order chi connectivity index (χ0) is 16.7. The van der Waals surface area contributed by atoms with Gasteiger partial charge in [-0.25, -0.2) is 4.68 Å². The van der Waals surface area contributed by atoms with Crippen LogP contribution < -0.4 is 5.32 Å². The molecule has 2 atom stereocenters. The lowest BCUT2D eigenvalue weighted by Gasteiger charge is -2.32. The van der Waals surface area contributed by atoms with E-state index in [1.807, 2.05) is 16.8 Å². The number of aryl methyl sites for hydroxylation is 1. The Kier molecular flexibility index (Phi) is 3.94. The summed E-state index contributed by atoms with van der Waals surface area (Å²) in [6.07, 6.45) is 2.40. The lowest BCUT2D eigenvalue weighted by atomic mass is 9.93. The summed E-state index contributed by atoms with van der Waals surface area (Å²) in [5.41, 5.74) is 3.48. The molecule has 2 heterocycles. The van der Waals surface area contributed by atoms with Gasteiger partial charge in [-0.05, 0) is 36.6 Å². The number of anilines is 1. The number of hydrogen-bond donors (Lipinski definition) is 1. The van der Waals surface area contributed by atoms with Crippen LogP contribution in [0.3, 0.4) is 0 Å². The molecular formula is C18H16Cl2N4.